The molecule has 0 heterocycles. The van der Waals surface area contributed by atoms with Crippen LogP contribution in [0.5, 0.6) is 11.5 Å². The zero-order chi connectivity index (χ0) is 26.0. The Hall–Kier alpha value is -3.56. The normalized spacial score (nSPS) is 12.8. The smallest absolute Gasteiger partial charge is 0.202 e. The first-order valence-electron chi connectivity index (χ1n) is 13.3. The topological polar surface area (TPSA) is 27.7 Å². The van der Waals surface area contributed by atoms with Gasteiger partial charge in [-0.05, 0) is 41.2 Å². The lowest BCUT2D eigenvalue weighted by atomic mass is 9.97. The first kappa shape index (κ1) is 26.5. The van der Waals surface area contributed by atoms with E-state index < -0.39 is 0 Å². The van der Waals surface area contributed by atoms with Crippen LogP contribution in [0, 0.1) is 5.92 Å². The fraction of sp³-hybridized carbons (Fsp3) is 0.294. The average Bonchev–Trinajstić information content (AvgIpc) is 2.95. The molecule has 4 aromatic carbocycles. The second-order valence-corrected chi connectivity index (χ2v) is 9.74. The molecule has 4 aromatic rings. The highest BCUT2D eigenvalue weighted by atomic mass is 16.7. The van der Waals surface area contributed by atoms with Gasteiger partial charge < -0.3 is 14.2 Å². The summed E-state index contributed by atoms with van der Waals surface area (Å²) in [4.78, 5) is 0. The Labute approximate surface area is 222 Å². The third-order valence-corrected chi connectivity index (χ3v) is 6.65. The van der Waals surface area contributed by atoms with Crippen molar-refractivity contribution in [3.05, 3.63) is 109 Å². The van der Waals surface area contributed by atoms with Gasteiger partial charge >= 0.3 is 0 Å². The quantitative estimate of drug-likeness (QED) is 0.145. The second-order valence-electron chi connectivity index (χ2n) is 9.74. The van der Waals surface area contributed by atoms with Crippen molar-refractivity contribution in [2.24, 2.45) is 5.92 Å². The molecule has 0 aliphatic rings. The minimum absolute atomic E-state index is 0.200. The molecule has 2 atom stereocenters. The maximum Gasteiger partial charge on any atom is 0.202 e. The van der Waals surface area contributed by atoms with Crippen LogP contribution in [0.2, 0.25) is 0 Å². The molecule has 4 rings (SSSR count). The van der Waals surface area contributed by atoms with Crippen molar-refractivity contribution in [3.63, 3.8) is 0 Å². The van der Waals surface area contributed by atoms with Gasteiger partial charge in [-0.2, -0.15) is 0 Å². The molecule has 0 radical (unpaired) electrons. The molecule has 0 fully saturated rings. The van der Waals surface area contributed by atoms with Gasteiger partial charge in [0, 0.05) is 17.0 Å². The van der Waals surface area contributed by atoms with Crippen LogP contribution in [0.15, 0.2) is 103 Å². The molecule has 37 heavy (non-hydrogen) atoms. The largest absolute Gasteiger partial charge is 0.490 e. The molecule has 3 heteroatoms. The van der Waals surface area contributed by atoms with Crippen LogP contribution in [0.4, 0.5) is 0 Å². The van der Waals surface area contributed by atoms with Crippen LogP contribution in [-0.2, 0) is 4.74 Å². The molecule has 0 aliphatic carbocycles. The maximum absolute atomic E-state index is 6.43. The fourth-order valence-corrected chi connectivity index (χ4v) is 4.30. The van der Waals surface area contributed by atoms with Crippen LogP contribution in [0.3, 0.4) is 0 Å². The summed E-state index contributed by atoms with van der Waals surface area (Å²) in [5, 5.41) is 0. The van der Waals surface area contributed by atoms with E-state index in [9.17, 15) is 0 Å². The summed E-state index contributed by atoms with van der Waals surface area (Å²) in [6.45, 7) is 9.51. The molecular weight excluding hydrogens is 456 g/mol. The van der Waals surface area contributed by atoms with E-state index in [1.54, 1.807) is 0 Å². The van der Waals surface area contributed by atoms with Gasteiger partial charge in [-0.3, -0.25) is 0 Å². The Balaban J connectivity index is 1.45. The monoisotopic (exact) mass is 494 g/mol. The van der Waals surface area contributed by atoms with E-state index in [1.165, 1.54) is 5.56 Å². The van der Waals surface area contributed by atoms with E-state index >= 15 is 0 Å². The molecule has 2 unspecified atom stereocenters. The molecule has 0 amide bonds. The van der Waals surface area contributed by atoms with E-state index in [4.69, 9.17) is 14.2 Å². The zero-order valence-electron chi connectivity index (χ0n) is 22.4. The van der Waals surface area contributed by atoms with Crippen molar-refractivity contribution >= 4 is 0 Å². The van der Waals surface area contributed by atoms with Crippen LogP contribution in [0.25, 0.3) is 22.3 Å². The number of hydrogen-bond donors (Lipinski definition) is 0. The molecule has 0 saturated heterocycles. The lowest BCUT2D eigenvalue weighted by molar-refractivity contribution is -0.113. The summed E-state index contributed by atoms with van der Waals surface area (Å²) in [6, 6.07) is 35.4. The van der Waals surface area contributed by atoms with Crippen molar-refractivity contribution in [2.75, 3.05) is 13.2 Å². The van der Waals surface area contributed by atoms with Crippen LogP contribution in [-0.4, -0.2) is 19.5 Å². The molecule has 0 aliphatic heterocycles. The molecule has 3 nitrogen and oxygen atoms in total. The van der Waals surface area contributed by atoms with E-state index in [1.807, 2.05) is 24.3 Å². The highest BCUT2D eigenvalue weighted by Crippen LogP contribution is 2.39. The van der Waals surface area contributed by atoms with E-state index in [0.717, 1.165) is 40.2 Å². The van der Waals surface area contributed by atoms with Gasteiger partial charge in [-0.15, -0.1) is 0 Å². The molecule has 0 bridgehead atoms. The lowest BCUT2D eigenvalue weighted by Gasteiger charge is -2.24. The lowest BCUT2D eigenvalue weighted by Crippen LogP contribution is -2.28. The van der Waals surface area contributed by atoms with Gasteiger partial charge in [0.25, 0.3) is 0 Å². The SMILES string of the molecule is CCC(C)c1ccc(OC(OCCOc2c(-c3ccccc3)cccc2-c2ccccc2)C(C)C)cc1. The Morgan fingerprint density at radius 2 is 1.19 bits per heavy atom. The van der Waals surface area contributed by atoms with Crippen molar-refractivity contribution in [1.29, 1.82) is 0 Å². The van der Waals surface area contributed by atoms with Gasteiger partial charge in [-0.25, -0.2) is 0 Å². The number of para-hydroxylation sites is 1. The van der Waals surface area contributed by atoms with Crippen molar-refractivity contribution in [2.45, 2.75) is 46.3 Å². The van der Waals surface area contributed by atoms with Gasteiger partial charge in [0.2, 0.25) is 6.29 Å². The number of benzene rings is 4. The third-order valence-electron chi connectivity index (χ3n) is 6.65. The van der Waals surface area contributed by atoms with E-state index in [2.05, 4.69) is 107 Å². The van der Waals surface area contributed by atoms with E-state index in [-0.39, 0.29) is 12.2 Å². The van der Waals surface area contributed by atoms with Crippen LogP contribution < -0.4 is 9.47 Å². The van der Waals surface area contributed by atoms with Gasteiger partial charge in [0.05, 0.1) is 6.61 Å². The zero-order valence-corrected chi connectivity index (χ0v) is 22.4. The third kappa shape index (κ3) is 7.02. The summed E-state index contributed by atoms with van der Waals surface area (Å²) in [5.41, 5.74) is 5.72. The molecule has 192 valence electrons. The van der Waals surface area contributed by atoms with Crippen molar-refractivity contribution < 1.29 is 14.2 Å². The molecular formula is C34H38O3. The highest BCUT2D eigenvalue weighted by molar-refractivity contribution is 5.82. The summed E-state index contributed by atoms with van der Waals surface area (Å²) in [5.74, 6) is 2.44. The average molecular weight is 495 g/mol. The Morgan fingerprint density at radius 1 is 0.622 bits per heavy atom. The van der Waals surface area contributed by atoms with Crippen LogP contribution in [0.1, 0.15) is 45.6 Å². The number of ether oxygens (including phenoxy) is 3. The van der Waals surface area contributed by atoms with Gasteiger partial charge in [0.1, 0.15) is 18.1 Å². The Bertz CT molecular complexity index is 1160. The van der Waals surface area contributed by atoms with Gasteiger partial charge in [-0.1, -0.05) is 119 Å². The van der Waals surface area contributed by atoms with Gasteiger partial charge in [0.15, 0.2) is 0 Å². The Kier molecular flexibility index (Phi) is 9.40. The maximum atomic E-state index is 6.43. The summed E-state index contributed by atoms with van der Waals surface area (Å²) in [7, 11) is 0. The molecule has 0 N–H and O–H groups in total. The first-order chi connectivity index (χ1) is 18.1. The summed E-state index contributed by atoms with van der Waals surface area (Å²) < 4.78 is 18.8. The fourth-order valence-electron chi connectivity index (χ4n) is 4.30. The minimum Gasteiger partial charge on any atom is -0.490 e. The Morgan fingerprint density at radius 3 is 1.70 bits per heavy atom. The molecule has 0 saturated carbocycles. The van der Waals surface area contributed by atoms with Crippen molar-refractivity contribution in [1.82, 2.24) is 0 Å². The standard InChI is InChI=1S/C34H38O3/c1-5-26(4)27-19-21-30(22-20-27)37-34(25(2)3)36-24-23-35-33-31(28-13-8-6-9-14-28)17-12-18-32(33)29-15-10-7-11-16-29/h6-22,25-26,34H,5,23-24H2,1-4H3. The number of hydrogen-bond acceptors (Lipinski definition) is 3. The second kappa shape index (κ2) is 13.1. The molecule has 0 aromatic heterocycles. The predicted molar refractivity (Wildman–Crippen MR) is 153 cm³/mol. The first-order valence-corrected chi connectivity index (χ1v) is 13.3. The summed E-state index contributed by atoms with van der Waals surface area (Å²) in [6.07, 6.45) is 0.771. The highest BCUT2D eigenvalue weighted by Gasteiger charge is 2.18. The molecule has 0 spiro atoms. The number of rotatable bonds is 12. The summed E-state index contributed by atoms with van der Waals surface area (Å²) >= 11 is 0. The van der Waals surface area contributed by atoms with Crippen LogP contribution >= 0.6 is 0 Å². The minimum atomic E-state index is -0.351. The van der Waals surface area contributed by atoms with Crippen molar-refractivity contribution in [3.8, 4) is 33.8 Å². The van der Waals surface area contributed by atoms with E-state index in [0.29, 0.717) is 19.1 Å². The predicted octanol–water partition coefficient (Wildman–Crippen LogP) is 8.99.